The third kappa shape index (κ3) is 4.38. The van der Waals surface area contributed by atoms with Gasteiger partial charge in [-0.2, -0.15) is 0 Å². The Bertz CT molecular complexity index is 1890. The van der Waals surface area contributed by atoms with E-state index in [1.54, 1.807) is 13.2 Å². The van der Waals surface area contributed by atoms with Gasteiger partial charge in [-0.25, -0.2) is 0 Å². The highest BCUT2D eigenvalue weighted by atomic mass is 16.5. The lowest BCUT2D eigenvalue weighted by Crippen LogP contribution is -2.49. The molecular formula is C39H38O4. The highest BCUT2D eigenvalue weighted by molar-refractivity contribution is 6.10. The van der Waals surface area contributed by atoms with Gasteiger partial charge in [-0.15, -0.1) is 0 Å². The zero-order valence-corrected chi connectivity index (χ0v) is 25.3. The molecule has 218 valence electrons. The molecule has 4 heteroatoms. The third-order valence-electron chi connectivity index (χ3n) is 10.5. The lowest BCUT2D eigenvalue weighted by Gasteiger charge is -2.55. The molecule has 2 aliphatic carbocycles. The van der Waals surface area contributed by atoms with E-state index in [4.69, 9.17) is 9.47 Å². The number of rotatable bonds is 4. The monoisotopic (exact) mass is 570 g/mol. The van der Waals surface area contributed by atoms with E-state index < -0.39 is 5.92 Å². The van der Waals surface area contributed by atoms with E-state index in [0.717, 1.165) is 57.7 Å². The van der Waals surface area contributed by atoms with E-state index in [1.165, 1.54) is 12.0 Å². The van der Waals surface area contributed by atoms with Crippen molar-refractivity contribution in [3.05, 3.63) is 102 Å². The molecule has 0 aliphatic heterocycles. The van der Waals surface area contributed by atoms with Gasteiger partial charge in [-0.3, -0.25) is 4.79 Å². The fourth-order valence-corrected chi connectivity index (χ4v) is 8.37. The minimum Gasteiger partial charge on any atom is -0.507 e. The van der Waals surface area contributed by atoms with Crippen molar-refractivity contribution in [2.24, 2.45) is 11.3 Å². The smallest absolute Gasteiger partial charge is 0.318 e. The molecule has 0 amide bonds. The summed E-state index contributed by atoms with van der Waals surface area (Å²) >= 11 is 0. The standard InChI is InChI=1S/C39H38O4/c1-38(2)20-9-21-39(3)31-22-26(42-4)16-17-29(31)30(23-34(38)39)37(41)43-33-19-15-25-11-6-8-13-28(25)36(33)35-27-12-7-5-10-24(27)14-18-32(35)40/h5-8,10-19,22,30,34,40H,9,20-21,23H2,1-4H3/t30-,34-,39+/m1/s1. The van der Waals surface area contributed by atoms with Gasteiger partial charge < -0.3 is 14.6 Å². The van der Waals surface area contributed by atoms with E-state index in [1.807, 2.05) is 72.8 Å². The minimum atomic E-state index is -0.406. The van der Waals surface area contributed by atoms with E-state index in [9.17, 15) is 9.90 Å². The Hall–Kier alpha value is -4.31. The Balaban J connectivity index is 1.38. The second kappa shape index (κ2) is 10.2. The van der Waals surface area contributed by atoms with Crippen LogP contribution < -0.4 is 9.47 Å². The second-order valence-corrected chi connectivity index (χ2v) is 13.3. The SMILES string of the molecule is COc1ccc2c(c1)[C@]1(C)CCCC(C)(C)[C@H]1C[C@H]2C(=O)Oc1ccc2ccccc2c1-c1c(O)ccc2ccccc12. The number of esters is 1. The molecule has 1 N–H and O–H groups in total. The molecule has 1 saturated carbocycles. The predicted octanol–water partition coefficient (Wildman–Crippen LogP) is 9.55. The summed E-state index contributed by atoms with van der Waals surface area (Å²) in [7, 11) is 1.70. The molecule has 4 nitrogen and oxygen atoms in total. The van der Waals surface area contributed by atoms with Crippen molar-refractivity contribution in [1.82, 2.24) is 0 Å². The van der Waals surface area contributed by atoms with Crippen molar-refractivity contribution in [2.75, 3.05) is 7.11 Å². The molecule has 3 atom stereocenters. The maximum absolute atomic E-state index is 14.4. The number of fused-ring (bicyclic) bond motifs is 5. The van der Waals surface area contributed by atoms with Crippen molar-refractivity contribution in [3.63, 3.8) is 0 Å². The topological polar surface area (TPSA) is 55.8 Å². The highest BCUT2D eigenvalue weighted by Gasteiger charge is 2.53. The van der Waals surface area contributed by atoms with Crippen LogP contribution in [0.1, 0.15) is 63.5 Å². The third-order valence-corrected chi connectivity index (χ3v) is 10.5. The number of benzene rings is 5. The van der Waals surface area contributed by atoms with Gasteiger partial charge in [0.2, 0.25) is 0 Å². The first-order valence-corrected chi connectivity index (χ1v) is 15.3. The molecule has 0 spiro atoms. The average molecular weight is 571 g/mol. The maximum Gasteiger partial charge on any atom is 0.318 e. The van der Waals surface area contributed by atoms with Crippen LogP contribution in [0.15, 0.2) is 91.0 Å². The number of carbonyl (C=O) groups is 1. The molecule has 5 aromatic carbocycles. The lowest BCUT2D eigenvalue weighted by atomic mass is 9.49. The summed E-state index contributed by atoms with van der Waals surface area (Å²) in [5, 5.41) is 15.1. The largest absolute Gasteiger partial charge is 0.507 e. The second-order valence-electron chi connectivity index (χ2n) is 13.3. The molecule has 43 heavy (non-hydrogen) atoms. The summed E-state index contributed by atoms with van der Waals surface area (Å²) in [4.78, 5) is 14.4. The van der Waals surface area contributed by atoms with E-state index in [0.29, 0.717) is 17.2 Å². The quantitative estimate of drug-likeness (QED) is 0.173. The summed E-state index contributed by atoms with van der Waals surface area (Å²) in [6.45, 7) is 7.09. The Labute approximate surface area is 253 Å². The molecule has 0 heterocycles. The molecule has 0 aromatic heterocycles. The average Bonchev–Trinajstić information content (AvgIpc) is 3.01. The first-order valence-electron chi connectivity index (χ1n) is 15.3. The van der Waals surface area contributed by atoms with Crippen molar-refractivity contribution in [3.8, 4) is 28.4 Å². The Morgan fingerprint density at radius 2 is 1.49 bits per heavy atom. The van der Waals surface area contributed by atoms with Gasteiger partial charge in [-0.05, 0) is 92.9 Å². The number of hydrogen-bond acceptors (Lipinski definition) is 4. The number of phenols is 1. The van der Waals surface area contributed by atoms with Crippen LogP contribution in [0.5, 0.6) is 17.2 Å². The van der Waals surface area contributed by atoms with E-state index in [-0.39, 0.29) is 22.5 Å². The van der Waals surface area contributed by atoms with Crippen molar-refractivity contribution >= 4 is 27.5 Å². The van der Waals surface area contributed by atoms with Gasteiger partial charge >= 0.3 is 5.97 Å². The summed E-state index contributed by atoms with van der Waals surface area (Å²) in [6, 6.07) is 29.8. The lowest BCUT2D eigenvalue weighted by molar-refractivity contribution is -0.137. The first-order chi connectivity index (χ1) is 20.7. The number of hydrogen-bond donors (Lipinski definition) is 1. The first kappa shape index (κ1) is 27.5. The van der Waals surface area contributed by atoms with Crippen molar-refractivity contribution < 1.29 is 19.4 Å². The van der Waals surface area contributed by atoms with Gasteiger partial charge in [0.15, 0.2) is 0 Å². The molecule has 7 rings (SSSR count). The number of methoxy groups -OCH3 is 1. The number of ether oxygens (including phenoxy) is 2. The van der Waals surface area contributed by atoms with Crippen LogP contribution in [0.2, 0.25) is 0 Å². The fraction of sp³-hybridized carbons (Fsp3) is 0.308. The summed E-state index contributed by atoms with van der Waals surface area (Å²) in [5.41, 5.74) is 3.71. The van der Waals surface area contributed by atoms with Crippen LogP contribution >= 0.6 is 0 Å². The van der Waals surface area contributed by atoms with Gasteiger partial charge in [0.25, 0.3) is 0 Å². The Kier molecular flexibility index (Phi) is 6.50. The van der Waals surface area contributed by atoms with Crippen LogP contribution in [-0.2, 0) is 10.2 Å². The van der Waals surface area contributed by atoms with Crippen molar-refractivity contribution in [1.29, 1.82) is 0 Å². The van der Waals surface area contributed by atoms with Crippen LogP contribution in [-0.4, -0.2) is 18.2 Å². The van der Waals surface area contributed by atoms with Crippen LogP contribution in [0.25, 0.3) is 32.7 Å². The van der Waals surface area contributed by atoms with E-state index in [2.05, 4.69) is 32.9 Å². The summed E-state index contributed by atoms with van der Waals surface area (Å²) < 4.78 is 12.1. The molecule has 0 radical (unpaired) electrons. The van der Waals surface area contributed by atoms with Crippen LogP contribution in [0.3, 0.4) is 0 Å². The van der Waals surface area contributed by atoms with Gasteiger partial charge in [0.1, 0.15) is 17.2 Å². The zero-order valence-electron chi connectivity index (χ0n) is 25.3. The molecule has 1 fully saturated rings. The summed E-state index contributed by atoms with van der Waals surface area (Å²) in [5.74, 6) is 1.09. The normalized spacial score (nSPS) is 22.5. The molecular weight excluding hydrogens is 532 g/mol. The maximum atomic E-state index is 14.4. The highest BCUT2D eigenvalue weighted by Crippen LogP contribution is 2.60. The zero-order chi connectivity index (χ0) is 29.9. The molecule has 0 unspecified atom stereocenters. The predicted molar refractivity (Wildman–Crippen MR) is 173 cm³/mol. The van der Waals surface area contributed by atoms with Crippen molar-refractivity contribution in [2.45, 2.75) is 57.8 Å². The van der Waals surface area contributed by atoms with E-state index >= 15 is 0 Å². The molecule has 5 aromatic rings. The number of aromatic hydroxyl groups is 1. The molecule has 2 aliphatic rings. The van der Waals surface area contributed by atoms with Gasteiger partial charge in [-0.1, -0.05) is 93.9 Å². The number of carbonyl (C=O) groups excluding carboxylic acids is 1. The molecule has 0 saturated heterocycles. The van der Waals surface area contributed by atoms with Crippen LogP contribution in [0.4, 0.5) is 0 Å². The Morgan fingerprint density at radius 3 is 2.21 bits per heavy atom. The summed E-state index contributed by atoms with van der Waals surface area (Å²) in [6.07, 6.45) is 4.15. The fourth-order valence-electron chi connectivity index (χ4n) is 8.37. The van der Waals surface area contributed by atoms with Gasteiger partial charge in [0, 0.05) is 11.1 Å². The molecule has 0 bridgehead atoms. The van der Waals surface area contributed by atoms with Crippen LogP contribution in [0, 0.1) is 11.3 Å². The van der Waals surface area contributed by atoms with Gasteiger partial charge in [0.05, 0.1) is 13.0 Å². The minimum absolute atomic E-state index is 0.0365. The Morgan fingerprint density at radius 1 is 0.814 bits per heavy atom. The number of phenolic OH excluding ortho intramolecular Hbond substituents is 1.